The molecule has 2 aromatic heterocycles. The zero-order chi connectivity index (χ0) is 13.4. The maximum atomic E-state index is 9.05. The number of hydrogen-bond donors (Lipinski definition) is 2. The van der Waals surface area contributed by atoms with E-state index < -0.39 is 0 Å². The molecule has 1 aliphatic heterocycles. The standard InChI is InChI=1S/C11H13N5O3/c1-18-10-8-9(14-11(12)15-10)16(5-13-8)7-3-2-6(4-17)19-7/h2-3,5-7,17H,4H2,1H3,(H2,12,14,15)/t6-,7+/m0/s1. The van der Waals surface area contributed by atoms with Gasteiger partial charge in [-0.3, -0.25) is 4.57 Å². The Morgan fingerprint density at radius 3 is 3.00 bits per heavy atom. The van der Waals surface area contributed by atoms with Gasteiger partial charge in [0.05, 0.1) is 20.0 Å². The molecule has 0 fully saturated rings. The van der Waals surface area contributed by atoms with Crippen molar-refractivity contribution in [2.75, 3.05) is 19.5 Å². The number of aliphatic hydroxyl groups excluding tert-OH is 1. The molecule has 0 saturated heterocycles. The molecule has 0 unspecified atom stereocenters. The summed E-state index contributed by atoms with van der Waals surface area (Å²) in [7, 11) is 1.49. The van der Waals surface area contributed by atoms with Crippen molar-refractivity contribution in [3.8, 4) is 5.88 Å². The number of aromatic nitrogens is 4. The molecule has 0 aromatic carbocycles. The molecule has 3 heterocycles. The molecule has 2 atom stereocenters. The van der Waals surface area contributed by atoms with Gasteiger partial charge >= 0.3 is 0 Å². The average molecular weight is 263 g/mol. The Hall–Kier alpha value is -2.19. The average Bonchev–Trinajstić information content (AvgIpc) is 3.03. The Kier molecular flexibility index (Phi) is 2.80. The van der Waals surface area contributed by atoms with E-state index in [0.717, 1.165) is 0 Å². The number of rotatable bonds is 3. The topological polar surface area (TPSA) is 108 Å². The molecule has 3 rings (SSSR count). The highest BCUT2D eigenvalue weighted by atomic mass is 16.5. The number of imidazole rings is 1. The highest BCUT2D eigenvalue weighted by Crippen LogP contribution is 2.27. The first-order chi connectivity index (χ1) is 9.22. The number of nitrogens with two attached hydrogens (primary N) is 1. The van der Waals surface area contributed by atoms with Gasteiger partial charge in [-0.2, -0.15) is 9.97 Å². The van der Waals surface area contributed by atoms with Gasteiger partial charge in [-0.05, 0) is 6.08 Å². The van der Waals surface area contributed by atoms with E-state index in [1.165, 1.54) is 7.11 Å². The third kappa shape index (κ3) is 1.90. The van der Waals surface area contributed by atoms with Crippen molar-refractivity contribution in [2.45, 2.75) is 12.3 Å². The monoisotopic (exact) mass is 263 g/mol. The number of nitrogen functional groups attached to an aromatic ring is 1. The summed E-state index contributed by atoms with van der Waals surface area (Å²) in [5.41, 5.74) is 6.68. The molecular weight excluding hydrogens is 250 g/mol. The molecule has 100 valence electrons. The second-order valence-corrected chi connectivity index (χ2v) is 4.05. The molecule has 8 heteroatoms. The molecule has 0 saturated carbocycles. The van der Waals surface area contributed by atoms with Crippen LogP contribution in [-0.2, 0) is 4.74 Å². The lowest BCUT2D eigenvalue weighted by Crippen LogP contribution is -2.15. The Morgan fingerprint density at radius 2 is 2.32 bits per heavy atom. The summed E-state index contributed by atoms with van der Waals surface area (Å²) in [4.78, 5) is 12.3. The van der Waals surface area contributed by atoms with Gasteiger partial charge in [0.25, 0.3) is 0 Å². The lowest BCUT2D eigenvalue weighted by atomic mass is 10.4. The predicted octanol–water partition coefficient (Wildman–Crippen LogP) is -0.137. The molecule has 0 aliphatic carbocycles. The van der Waals surface area contributed by atoms with Crippen LogP contribution in [0.3, 0.4) is 0 Å². The van der Waals surface area contributed by atoms with Crippen LogP contribution in [0.2, 0.25) is 0 Å². The van der Waals surface area contributed by atoms with E-state index in [1.54, 1.807) is 17.0 Å². The Balaban J connectivity index is 2.06. The maximum absolute atomic E-state index is 9.05. The van der Waals surface area contributed by atoms with Crippen LogP contribution < -0.4 is 10.5 Å². The van der Waals surface area contributed by atoms with E-state index in [4.69, 9.17) is 20.3 Å². The van der Waals surface area contributed by atoms with Crippen LogP contribution in [0, 0.1) is 0 Å². The summed E-state index contributed by atoms with van der Waals surface area (Å²) in [5.74, 6) is 0.425. The summed E-state index contributed by atoms with van der Waals surface area (Å²) in [5, 5.41) is 9.05. The summed E-state index contributed by atoms with van der Waals surface area (Å²) in [6.07, 6.45) is 4.51. The minimum absolute atomic E-state index is 0.0694. The second-order valence-electron chi connectivity index (χ2n) is 4.05. The zero-order valence-electron chi connectivity index (χ0n) is 10.2. The van der Waals surface area contributed by atoms with Gasteiger partial charge in [-0.25, -0.2) is 4.98 Å². The molecule has 8 nitrogen and oxygen atoms in total. The molecule has 1 aliphatic rings. The first-order valence-electron chi connectivity index (χ1n) is 5.71. The minimum atomic E-state index is -0.374. The van der Waals surface area contributed by atoms with Crippen molar-refractivity contribution < 1.29 is 14.6 Å². The smallest absolute Gasteiger partial charge is 0.246 e. The molecule has 3 N–H and O–H groups in total. The number of ether oxygens (including phenoxy) is 2. The van der Waals surface area contributed by atoms with Gasteiger partial charge in [0, 0.05) is 0 Å². The lowest BCUT2D eigenvalue weighted by molar-refractivity contribution is -0.00638. The maximum Gasteiger partial charge on any atom is 0.246 e. The van der Waals surface area contributed by atoms with Crippen molar-refractivity contribution in [3.63, 3.8) is 0 Å². The van der Waals surface area contributed by atoms with Crippen LogP contribution in [0.1, 0.15) is 6.23 Å². The number of nitrogens with zero attached hydrogens (tertiary/aromatic N) is 4. The third-order valence-corrected chi connectivity index (χ3v) is 2.86. The van der Waals surface area contributed by atoms with Crippen LogP contribution in [0.5, 0.6) is 5.88 Å². The highest BCUT2D eigenvalue weighted by Gasteiger charge is 2.23. The van der Waals surface area contributed by atoms with Crippen molar-refractivity contribution in [1.82, 2.24) is 19.5 Å². The molecule has 2 aromatic rings. The van der Waals surface area contributed by atoms with E-state index in [0.29, 0.717) is 17.0 Å². The van der Waals surface area contributed by atoms with Crippen molar-refractivity contribution >= 4 is 17.1 Å². The normalized spacial score (nSPS) is 22.2. The van der Waals surface area contributed by atoms with Gasteiger partial charge in [0.15, 0.2) is 17.4 Å². The van der Waals surface area contributed by atoms with Crippen molar-refractivity contribution in [2.24, 2.45) is 0 Å². The highest BCUT2D eigenvalue weighted by molar-refractivity contribution is 5.77. The predicted molar refractivity (Wildman–Crippen MR) is 66.4 cm³/mol. The van der Waals surface area contributed by atoms with Crippen LogP contribution in [0.15, 0.2) is 18.5 Å². The molecular formula is C11H13N5O3. The largest absolute Gasteiger partial charge is 0.479 e. The first kappa shape index (κ1) is 11.9. The first-order valence-corrected chi connectivity index (χ1v) is 5.71. The number of fused-ring (bicyclic) bond motifs is 1. The van der Waals surface area contributed by atoms with Gasteiger partial charge in [0.2, 0.25) is 11.8 Å². The number of anilines is 1. The number of hydrogen-bond acceptors (Lipinski definition) is 7. The van der Waals surface area contributed by atoms with Crippen LogP contribution in [0.4, 0.5) is 5.95 Å². The molecule has 0 radical (unpaired) electrons. The summed E-state index contributed by atoms with van der Waals surface area (Å²) < 4.78 is 12.4. The van der Waals surface area contributed by atoms with E-state index in [2.05, 4.69) is 15.0 Å². The molecule has 19 heavy (non-hydrogen) atoms. The van der Waals surface area contributed by atoms with Gasteiger partial charge in [-0.15, -0.1) is 0 Å². The number of aliphatic hydroxyl groups is 1. The molecule has 0 spiro atoms. The van der Waals surface area contributed by atoms with E-state index in [1.807, 2.05) is 6.08 Å². The molecule has 0 amide bonds. The Bertz CT molecular complexity index is 639. The summed E-state index contributed by atoms with van der Waals surface area (Å²) >= 11 is 0. The summed E-state index contributed by atoms with van der Waals surface area (Å²) in [6.45, 7) is -0.0694. The lowest BCUT2D eigenvalue weighted by Gasteiger charge is -2.14. The fraction of sp³-hybridized carbons (Fsp3) is 0.364. The van der Waals surface area contributed by atoms with E-state index in [9.17, 15) is 0 Å². The summed E-state index contributed by atoms with van der Waals surface area (Å²) in [6, 6.07) is 0. The Morgan fingerprint density at radius 1 is 1.47 bits per heavy atom. The van der Waals surface area contributed by atoms with Crippen molar-refractivity contribution in [1.29, 1.82) is 0 Å². The van der Waals surface area contributed by atoms with Crippen LogP contribution in [-0.4, -0.2) is 44.4 Å². The fourth-order valence-corrected chi connectivity index (χ4v) is 1.99. The van der Waals surface area contributed by atoms with Gasteiger partial charge in [-0.1, -0.05) is 6.08 Å². The van der Waals surface area contributed by atoms with Crippen molar-refractivity contribution in [3.05, 3.63) is 18.5 Å². The SMILES string of the molecule is COc1nc(N)nc2c1ncn2[C@H]1C=C[C@@H](CO)O1. The van der Waals surface area contributed by atoms with Gasteiger partial charge < -0.3 is 20.3 Å². The van der Waals surface area contributed by atoms with Gasteiger partial charge in [0.1, 0.15) is 6.10 Å². The quantitative estimate of drug-likeness (QED) is 0.742. The fourth-order valence-electron chi connectivity index (χ4n) is 1.99. The third-order valence-electron chi connectivity index (χ3n) is 2.86. The second kappa shape index (κ2) is 4.48. The van der Waals surface area contributed by atoms with Crippen LogP contribution >= 0.6 is 0 Å². The zero-order valence-corrected chi connectivity index (χ0v) is 10.2. The minimum Gasteiger partial charge on any atom is -0.479 e. The van der Waals surface area contributed by atoms with Crippen LogP contribution in [0.25, 0.3) is 11.2 Å². The Labute approximate surface area is 108 Å². The number of methoxy groups -OCH3 is 1. The van der Waals surface area contributed by atoms with E-state index in [-0.39, 0.29) is 24.9 Å². The van der Waals surface area contributed by atoms with E-state index >= 15 is 0 Å². The molecule has 0 bridgehead atoms.